The van der Waals surface area contributed by atoms with E-state index < -0.39 is 5.60 Å². The van der Waals surface area contributed by atoms with Gasteiger partial charge in [-0.25, -0.2) is 0 Å². The molecular weight excluding hydrogens is 232 g/mol. The molecule has 0 aliphatic carbocycles. The molecule has 0 radical (unpaired) electrons. The van der Waals surface area contributed by atoms with Crippen molar-refractivity contribution in [2.45, 2.75) is 51.2 Å². The smallest absolute Gasteiger partial charge is 0.246 e. The number of aliphatic hydroxyl groups is 1. The van der Waals surface area contributed by atoms with Crippen molar-refractivity contribution in [2.24, 2.45) is 0 Å². The van der Waals surface area contributed by atoms with Gasteiger partial charge in [-0.05, 0) is 39.3 Å². The van der Waals surface area contributed by atoms with Gasteiger partial charge in [-0.1, -0.05) is 13.3 Å². The van der Waals surface area contributed by atoms with E-state index in [-0.39, 0.29) is 25.2 Å². The maximum atomic E-state index is 11.6. The molecule has 1 fully saturated rings. The molecule has 0 saturated carbocycles. The van der Waals surface area contributed by atoms with Crippen LogP contribution >= 0.6 is 0 Å². The van der Waals surface area contributed by atoms with E-state index in [0.29, 0.717) is 6.42 Å². The largest absolute Gasteiger partial charge is 0.388 e. The van der Waals surface area contributed by atoms with Gasteiger partial charge >= 0.3 is 0 Å². The minimum Gasteiger partial charge on any atom is -0.388 e. The van der Waals surface area contributed by atoms with Gasteiger partial charge in [0.2, 0.25) is 5.91 Å². The Kier molecular flexibility index (Phi) is 6.60. The molecule has 5 nitrogen and oxygen atoms in total. The summed E-state index contributed by atoms with van der Waals surface area (Å²) in [4.78, 5) is 11.6. The average molecular weight is 258 g/mol. The van der Waals surface area contributed by atoms with Gasteiger partial charge < -0.3 is 20.5 Å². The van der Waals surface area contributed by atoms with Crippen molar-refractivity contribution >= 4 is 5.91 Å². The predicted octanol–water partition coefficient (Wildman–Crippen LogP) is 0.422. The fourth-order valence-electron chi connectivity index (χ4n) is 2.12. The summed E-state index contributed by atoms with van der Waals surface area (Å²) in [5.41, 5.74) is -0.820. The first kappa shape index (κ1) is 15.4. The summed E-state index contributed by atoms with van der Waals surface area (Å²) in [5, 5.41) is 15.9. The summed E-state index contributed by atoms with van der Waals surface area (Å²) in [5.74, 6) is -0.148. The third-order valence-corrected chi connectivity index (χ3v) is 3.19. The van der Waals surface area contributed by atoms with Crippen LogP contribution in [0.4, 0.5) is 0 Å². The summed E-state index contributed by atoms with van der Waals surface area (Å²) in [7, 11) is 0. The maximum absolute atomic E-state index is 11.6. The molecule has 0 aromatic rings. The van der Waals surface area contributed by atoms with Crippen molar-refractivity contribution < 1.29 is 14.6 Å². The van der Waals surface area contributed by atoms with Crippen molar-refractivity contribution in [3.8, 4) is 0 Å². The molecule has 1 amide bonds. The van der Waals surface area contributed by atoms with Gasteiger partial charge in [0.05, 0.1) is 11.7 Å². The van der Waals surface area contributed by atoms with Crippen LogP contribution in [0.5, 0.6) is 0 Å². The highest BCUT2D eigenvalue weighted by molar-refractivity contribution is 5.77. The third-order valence-electron chi connectivity index (χ3n) is 3.19. The Labute approximate surface area is 109 Å². The molecule has 1 unspecified atom stereocenters. The second kappa shape index (κ2) is 7.71. The van der Waals surface area contributed by atoms with Crippen molar-refractivity contribution in [3.63, 3.8) is 0 Å². The van der Waals surface area contributed by atoms with Crippen LogP contribution in [0, 0.1) is 0 Å². The zero-order valence-electron chi connectivity index (χ0n) is 11.5. The van der Waals surface area contributed by atoms with Crippen LogP contribution < -0.4 is 10.6 Å². The number of amides is 1. The molecule has 0 spiro atoms. The van der Waals surface area contributed by atoms with E-state index in [0.717, 1.165) is 32.4 Å². The molecule has 1 saturated heterocycles. The Morgan fingerprint density at radius 2 is 2.17 bits per heavy atom. The van der Waals surface area contributed by atoms with E-state index in [9.17, 15) is 9.90 Å². The molecule has 106 valence electrons. The molecular formula is C13H26N2O3. The van der Waals surface area contributed by atoms with Gasteiger partial charge in [0.1, 0.15) is 6.61 Å². The third kappa shape index (κ3) is 6.33. The molecule has 18 heavy (non-hydrogen) atoms. The van der Waals surface area contributed by atoms with Crippen LogP contribution in [0.3, 0.4) is 0 Å². The molecule has 5 heteroatoms. The summed E-state index contributed by atoms with van der Waals surface area (Å²) in [6, 6.07) is 0. The number of nitrogens with one attached hydrogen (secondary N) is 2. The topological polar surface area (TPSA) is 70.6 Å². The van der Waals surface area contributed by atoms with E-state index in [1.807, 2.05) is 6.92 Å². The second-order valence-electron chi connectivity index (χ2n) is 5.28. The highest BCUT2D eigenvalue weighted by atomic mass is 16.5. The Hall–Kier alpha value is -0.650. The summed E-state index contributed by atoms with van der Waals surface area (Å²) < 4.78 is 5.54. The van der Waals surface area contributed by atoms with Crippen LogP contribution in [0.1, 0.15) is 39.5 Å². The summed E-state index contributed by atoms with van der Waals surface area (Å²) in [6.07, 6.45) is 3.69. The van der Waals surface area contributed by atoms with Crippen LogP contribution in [0.15, 0.2) is 0 Å². The highest BCUT2D eigenvalue weighted by Crippen LogP contribution is 2.10. The fraction of sp³-hybridized carbons (Fsp3) is 0.923. The van der Waals surface area contributed by atoms with Crippen LogP contribution in [-0.4, -0.2) is 49.0 Å². The lowest BCUT2D eigenvalue weighted by molar-refractivity contribution is -0.129. The Morgan fingerprint density at radius 3 is 2.78 bits per heavy atom. The number of ether oxygens (including phenoxy) is 1. The summed E-state index contributed by atoms with van der Waals surface area (Å²) in [6.45, 7) is 6.04. The van der Waals surface area contributed by atoms with Gasteiger partial charge in [0, 0.05) is 6.54 Å². The van der Waals surface area contributed by atoms with Crippen molar-refractivity contribution in [2.75, 3.05) is 26.2 Å². The standard InChI is InChI=1S/C13H26N2O3/c1-3-6-13(2,17)10-15-12(16)9-18-11-4-7-14-8-5-11/h11,14,17H,3-10H2,1-2H3,(H,15,16). The van der Waals surface area contributed by atoms with Crippen molar-refractivity contribution in [3.05, 3.63) is 0 Å². The fourth-order valence-corrected chi connectivity index (χ4v) is 2.12. The zero-order valence-corrected chi connectivity index (χ0v) is 11.5. The molecule has 1 atom stereocenters. The van der Waals surface area contributed by atoms with Crippen molar-refractivity contribution in [1.29, 1.82) is 0 Å². The Morgan fingerprint density at radius 1 is 1.50 bits per heavy atom. The monoisotopic (exact) mass is 258 g/mol. The van der Waals surface area contributed by atoms with Gasteiger partial charge in [-0.2, -0.15) is 0 Å². The second-order valence-corrected chi connectivity index (χ2v) is 5.28. The number of hydrogen-bond donors (Lipinski definition) is 3. The average Bonchev–Trinajstić information content (AvgIpc) is 2.35. The first-order valence-electron chi connectivity index (χ1n) is 6.85. The van der Waals surface area contributed by atoms with Gasteiger partial charge in [0.15, 0.2) is 0 Å². The molecule has 0 aromatic carbocycles. The molecule has 1 aliphatic rings. The minimum absolute atomic E-state index is 0.0902. The molecule has 0 aromatic heterocycles. The molecule has 1 aliphatic heterocycles. The van der Waals surface area contributed by atoms with Crippen molar-refractivity contribution in [1.82, 2.24) is 10.6 Å². The number of hydrogen-bond acceptors (Lipinski definition) is 4. The van der Waals surface area contributed by atoms with E-state index in [2.05, 4.69) is 10.6 Å². The number of rotatable bonds is 7. The lowest BCUT2D eigenvalue weighted by atomic mass is 10.0. The minimum atomic E-state index is -0.820. The molecule has 1 rings (SSSR count). The van der Waals surface area contributed by atoms with Crippen LogP contribution in [-0.2, 0) is 9.53 Å². The SMILES string of the molecule is CCCC(C)(O)CNC(=O)COC1CCNCC1. The summed E-state index contributed by atoms with van der Waals surface area (Å²) >= 11 is 0. The normalized spacial score (nSPS) is 20.4. The lowest BCUT2D eigenvalue weighted by Gasteiger charge is -2.24. The van der Waals surface area contributed by atoms with E-state index >= 15 is 0 Å². The maximum Gasteiger partial charge on any atom is 0.246 e. The molecule has 1 heterocycles. The Balaban J connectivity index is 2.13. The predicted molar refractivity (Wildman–Crippen MR) is 70.4 cm³/mol. The highest BCUT2D eigenvalue weighted by Gasteiger charge is 2.20. The van der Waals surface area contributed by atoms with E-state index in [4.69, 9.17) is 4.74 Å². The molecule has 3 N–H and O–H groups in total. The zero-order chi connectivity index (χ0) is 13.4. The lowest BCUT2D eigenvalue weighted by Crippen LogP contribution is -2.42. The van der Waals surface area contributed by atoms with Crippen LogP contribution in [0.2, 0.25) is 0 Å². The number of carbonyl (C=O) groups is 1. The van der Waals surface area contributed by atoms with E-state index in [1.165, 1.54) is 0 Å². The van der Waals surface area contributed by atoms with Gasteiger partial charge in [-0.15, -0.1) is 0 Å². The number of piperidine rings is 1. The van der Waals surface area contributed by atoms with Gasteiger partial charge in [0.25, 0.3) is 0 Å². The quantitative estimate of drug-likeness (QED) is 0.619. The molecule has 0 bridgehead atoms. The number of carbonyl (C=O) groups excluding carboxylic acids is 1. The van der Waals surface area contributed by atoms with E-state index in [1.54, 1.807) is 6.92 Å². The first-order chi connectivity index (χ1) is 8.53. The first-order valence-corrected chi connectivity index (χ1v) is 6.85. The Bertz CT molecular complexity index is 251. The van der Waals surface area contributed by atoms with Crippen LogP contribution in [0.25, 0.3) is 0 Å². The van der Waals surface area contributed by atoms with Gasteiger partial charge in [-0.3, -0.25) is 4.79 Å².